The summed E-state index contributed by atoms with van der Waals surface area (Å²) in [6.45, 7) is 10.7. The number of H-pyrrole nitrogens is 1. The number of carboxylic acid groups (broad SMARTS) is 1. The lowest BCUT2D eigenvalue weighted by Gasteiger charge is -2.29. The van der Waals surface area contributed by atoms with Crippen LogP contribution in [-0.2, 0) is 25.6 Å². The maximum Gasteiger partial charge on any atom is 0.326 e. The highest BCUT2D eigenvalue weighted by Gasteiger charge is 2.34. The summed E-state index contributed by atoms with van der Waals surface area (Å²) >= 11 is 0. The smallest absolute Gasteiger partial charge is 0.326 e. The maximum absolute atomic E-state index is 13.5. The molecule has 2 rings (SSSR count). The number of hydrogen-bond acceptors (Lipinski definition) is 5. The fourth-order valence-corrected chi connectivity index (χ4v) is 4.01. The van der Waals surface area contributed by atoms with Gasteiger partial charge in [-0.25, -0.2) is 4.79 Å². The Morgan fingerprint density at radius 3 is 2.08 bits per heavy atom. The van der Waals surface area contributed by atoms with Gasteiger partial charge in [-0.1, -0.05) is 66.2 Å². The van der Waals surface area contributed by atoms with Crippen LogP contribution in [0, 0.1) is 17.8 Å². The van der Waals surface area contributed by atoms with E-state index in [9.17, 15) is 24.3 Å². The van der Waals surface area contributed by atoms with Gasteiger partial charge in [-0.2, -0.15) is 0 Å². The van der Waals surface area contributed by atoms with Gasteiger partial charge in [0, 0.05) is 23.5 Å². The molecule has 5 unspecified atom stereocenters. The van der Waals surface area contributed by atoms with Crippen LogP contribution in [0.4, 0.5) is 0 Å². The molecule has 5 atom stereocenters. The predicted octanol–water partition coefficient (Wildman–Crippen LogP) is 1.93. The van der Waals surface area contributed by atoms with Gasteiger partial charge in [0.05, 0.1) is 6.04 Å². The van der Waals surface area contributed by atoms with Gasteiger partial charge >= 0.3 is 5.97 Å². The molecule has 0 aliphatic rings. The third-order valence-corrected chi connectivity index (χ3v) is 6.78. The topological polar surface area (TPSA) is 166 Å². The van der Waals surface area contributed by atoms with Gasteiger partial charge < -0.3 is 31.8 Å². The Balaban J connectivity index is 2.33. The Bertz CT molecular complexity index is 1100. The summed E-state index contributed by atoms with van der Waals surface area (Å²) in [5.41, 5.74) is 7.75. The van der Waals surface area contributed by atoms with Gasteiger partial charge in [-0.15, -0.1) is 0 Å². The summed E-state index contributed by atoms with van der Waals surface area (Å²) in [6.07, 6.45) is 2.53. The summed E-state index contributed by atoms with van der Waals surface area (Å²) in [5, 5.41) is 18.5. The highest BCUT2D eigenvalue weighted by molar-refractivity contribution is 5.95. The Morgan fingerprint density at radius 2 is 1.51 bits per heavy atom. The summed E-state index contributed by atoms with van der Waals surface area (Å²) < 4.78 is 0. The van der Waals surface area contributed by atoms with Crippen molar-refractivity contribution in [2.75, 3.05) is 0 Å². The van der Waals surface area contributed by atoms with Crippen LogP contribution >= 0.6 is 0 Å². The molecule has 37 heavy (non-hydrogen) atoms. The third kappa shape index (κ3) is 7.79. The van der Waals surface area contributed by atoms with Crippen molar-refractivity contribution in [2.24, 2.45) is 23.5 Å². The Hall–Kier alpha value is -3.40. The summed E-state index contributed by atoms with van der Waals surface area (Å²) in [4.78, 5) is 54.3. The second kappa shape index (κ2) is 13.2. The minimum absolute atomic E-state index is 0.139. The molecule has 0 saturated heterocycles. The number of nitrogens with one attached hydrogen (secondary N) is 4. The second-order valence-electron chi connectivity index (χ2n) is 10.3. The Morgan fingerprint density at radius 1 is 0.892 bits per heavy atom. The molecule has 1 heterocycles. The van der Waals surface area contributed by atoms with Crippen LogP contribution in [0.3, 0.4) is 0 Å². The van der Waals surface area contributed by atoms with Crippen molar-refractivity contribution >= 4 is 34.6 Å². The lowest BCUT2D eigenvalue weighted by atomic mass is 9.95. The number of aromatic nitrogens is 1. The average molecular weight is 516 g/mol. The standard InChI is InChI=1S/C27H41N5O5/c1-7-16(6)23(26(35)31-22(15(4)5)27(36)37)32-24(33)20(30-25(34)21(28)14(2)3)12-17-13-29-19-11-9-8-10-18(17)19/h8-11,13-16,20-23,29H,7,12,28H2,1-6H3,(H,30,34)(H,31,35)(H,32,33)(H,36,37). The van der Waals surface area contributed by atoms with E-state index in [2.05, 4.69) is 20.9 Å². The molecule has 0 aliphatic carbocycles. The molecular formula is C27H41N5O5. The first-order chi connectivity index (χ1) is 17.4. The molecule has 1 aromatic heterocycles. The van der Waals surface area contributed by atoms with Gasteiger partial charge in [-0.3, -0.25) is 14.4 Å². The molecule has 10 nitrogen and oxygen atoms in total. The molecule has 204 valence electrons. The zero-order chi connectivity index (χ0) is 27.9. The number of para-hydroxylation sites is 1. The van der Waals surface area contributed by atoms with Gasteiger partial charge in [0.15, 0.2) is 0 Å². The lowest BCUT2D eigenvalue weighted by Crippen LogP contribution is -2.59. The van der Waals surface area contributed by atoms with Crippen molar-refractivity contribution in [3.05, 3.63) is 36.0 Å². The predicted molar refractivity (Wildman–Crippen MR) is 143 cm³/mol. The largest absolute Gasteiger partial charge is 0.480 e. The van der Waals surface area contributed by atoms with Crippen molar-refractivity contribution in [3.8, 4) is 0 Å². The number of carbonyl (C=O) groups is 4. The molecule has 0 bridgehead atoms. The van der Waals surface area contributed by atoms with E-state index in [4.69, 9.17) is 5.73 Å². The highest BCUT2D eigenvalue weighted by Crippen LogP contribution is 2.20. The van der Waals surface area contributed by atoms with Crippen LogP contribution in [0.2, 0.25) is 0 Å². The molecule has 3 amide bonds. The molecule has 0 fully saturated rings. The van der Waals surface area contributed by atoms with Crippen molar-refractivity contribution in [1.82, 2.24) is 20.9 Å². The fourth-order valence-electron chi connectivity index (χ4n) is 4.01. The van der Waals surface area contributed by atoms with E-state index < -0.39 is 47.9 Å². The van der Waals surface area contributed by atoms with Crippen LogP contribution in [0.25, 0.3) is 10.9 Å². The van der Waals surface area contributed by atoms with Gasteiger partial charge in [0.25, 0.3) is 0 Å². The molecule has 0 radical (unpaired) electrons. The van der Waals surface area contributed by atoms with Crippen LogP contribution in [-0.4, -0.2) is 57.9 Å². The molecular weight excluding hydrogens is 474 g/mol. The van der Waals surface area contributed by atoms with Crippen LogP contribution in [0.15, 0.2) is 30.5 Å². The van der Waals surface area contributed by atoms with E-state index in [-0.39, 0.29) is 24.2 Å². The van der Waals surface area contributed by atoms with E-state index in [1.807, 2.05) is 45.0 Å². The number of carbonyl (C=O) groups excluding carboxylic acids is 3. The third-order valence-electron chi connectivity index (χ3n) is 6.78. The molecule has 7 N–H and O–H groups in total. The lowest BCUT2D eigenvalue weighted by molar-refractivity contribution is -0.144. The van der Waals surface area contributed by atoms with Crippen molar-refractivity contribution in [3.63, 3.8) is 0 Å². The first-order valence-electron chi connectivity index (χ1n) is 12.8. The number of hydrogen-bond donors (Lipinski definition) is 6. The molecule has 10 heteroatoms. The van der Waals surface area contributed by atoms with Gasteiger partial charge in [0.2, 0.25) is 17.7 Å². The highest BCUT2D eigenvalue weighted by atomic mass is 16.4. The van der Waals surface area contributed by atoms with E-state index >= 15 is 0 Å². The van der Waals surface area contributed by atoms with E-state index in [1.54, 1.807) is 27.0 Å². The number of benzene rings is 1. The van der Waals surface area contributed by atoms with Crippen LogP contribution in [0.1, 0.15) is 53.5 Å². The molecule has 0 spiro atoms. The monoisotopic (exact) mass is 515 g/mol. The van der Waals surface area contributed by atoms with Crippen LogP contribution in [0.5, 0.6) is 0 Å². The Kier molecular flexibility index (Phi) is 10.7. The molecule has 0 aliphatic heterocycles. The minimum atomic E-state index is -1.15. The molecule has 0 saturated carbocycles. The normalized spacial score (nSPS) is 15.6. The minimum Gasteiger partial charge on any atom is -0.480 e. The molecule has 2 aromatic rings. The quantitative estimate of drug-likeness (QED) is 0.238. The van der Waals surface area contributed by atoms with Crippen molar-refractivity contribution < 1.29 is 24.3 Å². The summed E-state index contributed by atoms with van der Waals surface area (Å²) in [7, 11) is 0. The Labute approximate surface area is 218 Å². The second-order valence-corrected chi connectivity index (χ2v) is 10.3. The van der Waals surface area contributed by atoms with Crippen molar-refractivity contribution in [2.45, 2.75) is 78.6 Å². The van der Waals surface area contributed by atoms with Crippen LogP contribution < -0.4 is 21.7 Å². The zero-order valence-corrected chi connectivity index (χ0v) is 22.5. The molecule has 1 aromatic carbocycles. The number of nitrogens with two attached hydrogens (primary N) is 1. The number of rotatable bonds is 13. The van der Waals surface area contributed by atoms with E-state index in [0.29, 0.717) is 6.42 Å². The van der Waals surface area contributed by atoms with Gasteiger partial charge in [-0.05, 0) is 29.4 Å². The maximum atomic E-state index is 13.5. The fraction of sp³-hybridized carbons (Fsp3) is 0.556. The number of aromatic amines is 1. The first-order valence-corrected chi connectivity index (χ1v) is 12.8. The number of fused-ring (bicyclic) bond motifs is 1. The SMILES string of the molecule is CCC(C)C(NC(=O)C(Cc1c[nH]c2ccccc12)NC(=O)C(N)C(C)C)C(=O)NC(C(=O)O)C(C)C. The van der Waals surface area contributed by atoms with Gasteiger partial charge in [0.1, 0.15) is 18.1 Å². The zero-order valence-electron chi connectivity index (χ0n) is 22.5. The van der Waals surface area contributed by atoms with E-state index in [0.717, 1.165) is 16.5 Å². The number of aliphatic carboxylic acids is 1. The van der Waals surface area contributed by atoms with Crippen molar-refractivity contribution in [1.29, 1.82) is 0 Å². The number of amides is 3. The first kappa shape index (κ1) is 29.8. The van der Waals surface area contributed by atoms with E-state index in [1.165, 1.54) is 0 Å². The number of carboxylic acids is 1. The summed E-state index contributed by atoms with van der Waals surface area (Å²) in [6, 6.07) is 3.72. The summed E-state index contributed by atoms with van der Waals surface area (Å²) in [5.74, 6) is -3.52. The average Bonchev–Trinajstić information content (AvgIpc) is 3.26.